The molecule has 0 saturated carbocycles. The number of nitrogens with zero attached hydrogens (tertiary/aromatic N) is 2. The Balaban J connectivity index is 2.02. The molecule has 0 bridgehead atoms. The zero-order chi connectivity index (χ0) is 19.6. The van der Waals surface area contributed by atoms with E-state index in [0.29, 0.717) is 35.9 Å². The Kier molecular flexibility index (Phi) is 5.44. The van der Waals surface area contributed by atoms with Crippen LogP contribution < -0.4 is 15.5 Å². The molecule has 0 unspecified atom stereocenters. The van der Waals surface area contributed by atoms with Crippen LogP contribution in [0.4, 0.5) is 5.69 Å². The van der Waals surface area contributed by atoms with Crippen molar-refractivity contribution in [2.75, 3.05) is 18.5 Å². The van der Waals surface area contributed by atoms with E-state index in [-0.39, 0.29) is 12.1 Å². The van der Waals surface area contributed by atoms with Crippen LogP contribution in [-0.2, 0) is 11.2 Å². The number of hydrogen-bond donors (Lipinski definition) is 3. The molecule has 1 aliphatic heterocycles. The number of fused-ring (bicyclic) bond motifs is 1. The minimum absolute atomic E-state index is 0.0925. The molecule has 1 aromatic heterocycles. The smallest absolute Gasteiger partial charge is 0.271 e. The molecule has 1 aliphatic rings. The van der Waals surface area contributed by atoms with Crippen LogP contribution in [0.5, 0.6) is 5.75 Å². The minimum atomic E-state index is -0.674. The number of rotatable bonds is 6. The van der Waals surface area contributed by atoms with Crippen molar-refractivity contribution in [2.24, 2.45) is 0 Å². The Labute approximate surface area is 161 Å². The van der Waals surface area contributed by atoms with Gasteiger partial charge < -0.3 is 10.1 Å². The monoisotopic (exact) mass is 384 g/mol. The predicted molar refractivity (Wildman–Crippen MR) is 103 cm³/mol. The van der Waals surface area contributed by atoms with Crippen molar-refractivity contribution in [3.05, 3.63) is 40.4 Å². The summed E-state index contributed by atoms with van der Waals surface area (Å²) in [7, 11) is 0. The lowest BCUT2D eigenvalue weighted by atomic mass is 9.99. The van der Waals surface area contributed by atoms with Crippen LogP contribution in [0.1, 0.15) is 35.8 Å². The van der Waals surface area contributed by atoms with E-state index in [1.807, 2.05) is 12.3 Å². The second-order valence-corrected chi connectivity index (χ2v) is 7.55. The molecule has 1 amide bonds. The van der Waals surface area contributed by atoms with E-state index in [1.54, 1.807) is 16.8 Å². The standard InChI is InChI=1S/C19H20N4O3S/c1-10(2)16-9-22-19(27-16)13-6-15(21-8-11(3)18(24)23-25)14(7-20)12-4-5-26-17(12)13/h6,9-10,21,25H,3-5,8H2,1-2H3,(H,23,24). The number of thiazole rings is 1. The van der Waals surface area contributed by atoms with Gasteiger partial charge in [-0.15, -0.1) is 11.3 Å². The molecule has 3 rings (SSSR count). The molecular weight excluding hydrogens is 364 g/mol. The highest BCUT2D eigenvalue weighted by atomic mass is 32.1. The Morgan fingerprint density at radius 2 is 2.33 bits per heavy atom. The normalized spacial score (nSPS) is 12.3. The van der Waals surface area contributed by atoms with Crippen LogP contribution in [0.2, 0.25) is 0 Å². The van der Waals surface area contributed by atoms with Crippen molar-refractivity contribution in [3.8, 4) is 22.4 Å². The summed E-state index contributed by atoms with van der Waals surface area (Å²) in [6, 6.07) is 4.06. The Morgan fingerprint density at radius 1 is 1.56 bits per heavy atom. The highest BCUT2D eigenvalue weighted by Crippen LogP contribution is 2.44. The maximum atomic E-state index is 11.4. The molecule has 8 heteroatoms. The number of amides is 1. The number of nitriles is 1. The molecule has 0 radical (unpaired) electrons. The summed E-state index contributed by atoms with van der Waals surface area (Å²) in [4.78, 5) is 17.1. The van der Waals surface area contributed by atoms with E-state index in [4.69, 9.17) is 9.94 Å². The topological polar surface area (TPSA) is 107 Å². The van der Waals surface area contributed by atoms with Crippen LogP contribution in [-0.4, -0.2) is 29.3 Å². The minimum Gasteiger partial charge on any atom is -0.492 e. The lowest BCUT2D eigenvalue weighted by Gasteiger charge is -2.14. The molecule has 3 N–H and O–H groups in total. The number of hydrogen-bond acceptors (Lipinski definition) is 7. The van der Waals surface area contributed by atoms with Gasteiger partial charge in [-0.3, -0.25) is 10.0 Å². The Morgan fingerprint density at radius 3 is 2.96 bits per heavy atom. The number of carbonyl (C=O) groups is 1. The van der Waals surface area contributed by atoms with Gasteiger partial charge in [0.1, 0.15) is 16.8 Å². The first kappa shape index (κ1) is 18.9. The highest BCUT2D eigenvalue weighted by molar-refractivity contribution is 7.15. The largest absolute Gasteiger partial charge is 0.492 e. The van der Waals surface area contributed by atoms with E-state index in [0.717, 1.165) is 16.1 Å². The first-order valence-electron chi connectivity index (χ1n) is 8.51. The zero-order valence-corrected chi connectivity index (χ0v) is 15.9. The lowest BCUT2D eigenvalue weighted by Crippen LogP contribution is -2.24. The third kappa shape index (κ3) is 3.65. The zero-order valence-electron chi connectivity index (χ0n) is 15.1. The van der Waals surface area contributed by atoms with Crippen molar-refractivity contribution in [1.82, 2.24) is 10.5 Å². The second kappa shape index (κ2) is 7.78. The fourth-order valence-corrected chi connectivity index (χ4v) is 3.78. The maximum Gasteiger partial charge on any atom is 0.271 e. The molecule has 0 spiro atoms. The predicted octanol–water partition coefficient (Wildman–Crippen LogP) is 3.21. The third-order valence-electron chi connectivity index (χ3n) is 4.33. The average Bonchev–Trinajstić information content (AvgIpc) is 3.34. The summed E-state index contributed by atoms with van der Waals surface area (Å²) in [6.07, 6.45) is 2.51. The summed E-state index contributed by atoms with van der Waals surface area (Å²) >= 11 is 1.60. The summed E-state index contributed by atoms with van der Waals surface area (Å²) < 4.78 is 5.81. The fourth-order valence-electron chi connectivity index (χ4n) is 2.84. The van der Waals surface area contributed by atoms with Gasteiger partial charge >= 0.3 is 0 Å². The number of hydroxylamine groups is 1. The molecule has 0 fully saturated rings. The van der Waals surface area contributed by atoms with Crippen molar-refractivity contribution < 1.29 is 14.7 Å². The van der Waals surface area contributed by atoms with Crippen molar-refractivity contribution in [2.45, 2.75) is 26.2 Å². The summed E-state index contributed by atoms with van der Waals surface area (Å²) in [5.41, 5.74) is 4.45. The Hall–Kier alpha value is -2.89. The lowest BCUT2D eigenvalue weighted by molar-refractivity contribution is -0.125. The molecule has 0 saturated heterocycles. The molecular formula is C19H20N4O3S. The summed E-state index contributed by atoms with van der Waals surface area (Å²) in [6.45, 7) is 8.45. The van der Waals surface area contributed by atoms with Crippen LogP contribution >= 0.6 is 11.3 Å². The van der Waals surface area contributed by atoms with Crippen molar-refractivity contribution in [3.63, 3.8) is 0 Å². The third-order valence-corrected chi connectivity index (χ3v) is 5.66. The first-order valence-corrected chi connectivity index (χ1v) is 9.32. The van der Waals surface area contributed by atoms with E-state index in [1.165, 1.54) is 4.88 Å². The van der Waals surface area contributed by atoms with E-state index in [2.05, 4.69) is 36.8 Å². The number of nitrogens with one attached hydrogen (secondary N) is 2. The SMILES string of the molecule is C=C(CNc1cc(-c2ncc(C(C)C)s2)c2c(c1C#N)CCO2)C(=O)NO. The number of ether oxygens (including phenoxy) is 1. The van der Waals surface area contributed by atoms with Crippen molar-refractivity contribution >= 4 is 22.9 Å². The molecule has 2 heterocycles. The van der Waals surface area contributed by atoms with Gasteiger partial charge in [-0.2, -0.15) is 5.26 Å². The van der Waals surface area contributed by atoms with Gasteiger partial charge in [-0.1, -0.05) is 20.4 Å². The van der Waals surface area contributed by atoms with Gasteiger partial charge in [0.25, 0.3) is 5.91 Å². The second-order valence-electron chi connectivity index (χ2n) is 6.49. The summed E-state index contributed by atoms with van der Waals surface area (Å²) in [5.74, 6) is 0.405. The number of benzene rings is 1. The van der Waals surface area contributed by atoms with Crippen LogP contribution in [0.3, 0.4) is 0 Å². The van der Waals surface area contributed by atoms with Crippen LogP contribution in [0.25, 0.3) is 10.6 Å². The van der Waals surface area contributed by atoms with Gasteiger partial charge in [-0.25, -0.2) is 10.5 Å². The molecule has 140 valence electrons. The maximum absolute atomic E-state index is 11.4. The van der Waals surface area contributed by atoms with E-state index >= 15 is 0 Å². The van der Waals surface area contributed by atoms with Crippen molar-refractivity contribution in [1.29, 1.82) is 5.26 Å². The van der Waals surface area contributed by atoms with Gasteiger partial charge in [-0.05, 0) is 12.0 Å². The fraction of sp³-hybridized carbons (Fsp3) is 0.316. The summed E-state index contributed by atoms with van der Waals surface area (Å²) in [5, 5.41) is 22.3. The van der Waals surface area contributed by atoms with Crippen LogP contribution in [0, 0.1) is 11.3 Å². The van der Waals surface area contributed by atoms with Crippen LogP contribution in [0.15, 0.2) is 24.4 Å². The number of anilines is 1. The molecule has 7 nitrogen and oxygen atoms in total. The first-order chi connectivity index (χ1) is 13.0. The van der Waals surface area contributed by atoms with Gasteiger partial charge in [0, 0.05) is 35.2 Å². The molecule has 27 heavy (non-hydrogen) atoms. The van der Waals surface area contributed by atoms with Gasteiger partial charge in [0.05, 0.1) is 23.4 Å². The van der Waals surface area contributed by atoms with Gasteiger partial charge in [0.2, 0.25) is 0 Å². The number of aromatic nitrogens is 1. The average molecular weight is 384 g/mol. The Bertz CT molecular complexity index is 943. The number of carbonyl (C=O) groups excluding carboxylic acids is 1. The molecule has 0 aliphatic carbocycles. The van der Waals surface area contributed by atoms with Gasteiger partial charge in [0.15, 0.2) is 0 Å². The molecule has 1 aromatic carbocycles. The van der Waals surface area contributed by atoms with E-state index in [9.17, 15) is 10.1 Å². The quantitative estimate of drug-likeness (QED) is 0.401. The highest BCUT2D eigenvalue weighted by Gasteiger charge is 2.26. The molecule has 0 atom stereocenters. The van der Waals surface area contributed by atoms with E-state index < -0.39 is 5.91 Å². The molecule has 2 aromatic rings.